The van der Waals surface area contributed by atoms with Gasteiger partial charge in [0.15, 0.2) is 11.5 Å². The third-order valence-electron chi connectivity index (χ3n) is 4.26. The summed E-state index contributed by atoms with van der Waals surface area (Å²) in [6, 6.07) is 4.70. The molecule has 0 aliphatic rings. The first-order valence-corrected chi connectivity index (χ1v) is 9.27. The summed E-state index contributed by atoms with van der Waals surface area (Å²) in [5, 5.41) is 2.34. The topological polar surface area (TPSA) is 79.7 Å². The van der Waals surface area contributed by atoms with E-state index in [1.807, 2.05) is 17.5 Å². The fourth-order valence-corrected chi connectivity index (χ4v) is 3.72. The van der Waals surface area contributed by atoms with Gasteiger partial charge in [0.1, 0.15) is 10.9 Å². The highest BCUT2D eigenvalue weighted by Crippen LogP contribution is 2.36. The minimum Gasteiger partial charge on any atom is -0.493 e. The zero-order valence-electron chi connectivity index (χ0n) is 15.5. The maximum atomic E-state index is 13.1. The lowest BCUT2D eigenvalue weighted by Gasteiger charge is -2.13. The van der Waals surface area contributed by atoms with Gasteiger partial charge in [-0.25, -0.2) is 9.78 Å². The highest BCUT2D eigenvalue weighted by molar-refractivity contribution is 7.17. The average Bonchev–Trinajstić information content (AvgIpc) is 3.12. The number of benzene rings is 1. The van der Waals surface area contributed by atoms with Gasteiger partial charge in [-0.2, -0.15) is 0 Å². The number of hydrogen-bond acceptors (Lipinski definition) is 7. The molecule has 142 valence electrons. The van der Waals surface area contributed by atoms with Crippen LogP contribution in [0, 0.1) is 0 Å². The smallest absolute Gasteiger partial charge is 0.328 e. The van der Waals surface area contributed by atoms with Crippen molar-refractivity contribution in [1.82, 2.24) is 9.55 Å². The molecule has 0 saturated heterocycles. The summed E-state index contributed by atoms with van der Waals surface area (Å²) in [4.78, 5) is 30.1. The molecule has 27 heavy (non-hydrogen) atoms. The minimum absolute atomic E-state index is 0.253. The number of rotatable bonds is 6. The van der Waals surface area contributed by atoms with Gasteiger partial charge in [0.25, 0.3) is 5.56 Å². The Morgan fingerprint density at radius 1 is 1.26 bits per heavy atom. The molecule has 0 N–H and O–H groups in total. The van der Waals surface area contributed by atoms with E-state index in [4.69, 9.17) is 14.2 Å². The van der Waals surface area contributed by atoms with E-state index < -0.39 is 12.0 Å². The van der Waals surface area contributed by atoms with Crippen molar-refractivity contribution < 1.29 is 19.0 Å². The SMILES string of the molecule is CCOC(=O)C(C)n1cnc2scc(-c3ccc(OC)c(OC)c3)c2c1=O. The zero-order chi connectivity index (χ0) is 19.6. The molecule has 1 unspecified atom stereocenters. The summed E-state index contributed by atoms with van der Waals surface area (Å²) in [5.74, 6) is 0.703. The number of hydrogen-bond donors (Lipinski definition) is 0. The van der Waals surface area contributed by atoms with Crippen LogP contribution in [0.25, 0.3) is 21.3 Å². The van der Waals surface area contributed by atoms with Gasteiger partial charge in [0.05, 0.1) is 32.5 Å². The Bertz CT molecular complexity index is 1040. The molecule has 2 heterocycles. The standard InChI is InChI=1S/C19H20N2O5S/c1-5-26-19(23)11(2)21-10-20-17-16(18(21)22)13(9-27-17)12-6-7-14(24-3)15(8-12)25-4/h6-11H,5H2,1-4H3. The molecule has 3 aromatic rings. The predicted molar refractivity (Wildman–Crippen MR) is 104 cm³/mol. The number of esters is 1. The fourth-order valence-electron chi connectivity index (χ4n) is 2.81. The van der Waals surface area contributed by atoms with Crippen molar-refractivity contribution in [3.63, 3.8) is 0 Å². The first kappa shape index (κ1) is 18.9. The largest absolute Gasteiger partial charge is 0.493 e. The van der Waals surface area contributed by atoms with Crippen LogP contribution in [0.4, 0.5) is 0 Å². The summed E-state index contributed by atoms with van der Waals surface area (Å²) in [5.41, 5.74) is 1.25. The van der Waals surface area contributed by atoms with Crippen LogP contribution in [0.3, 0.4) is 0 Å². The van der Waals surface area contributed by atoms with Crippen LogP contribution in [-0.4, -0.2) is 36.3 Å². The molecular formula is C19H20N2O5S. The van der Waals surface area contributed by atoms with E-state index >= 15 is 0 Å². The molecule has 8 heteroatoms. The van der Waals surface area contributed by atoms with Crippen LogP contribution in [-0.2, 0) is 9.53 Å². The third-order valence-corrected chi connectivity index (χ3v) is 5.15. The number of aromatic nitrogens is 2. The van der Waals surface area contributed by atoms with Gasteiger partial charge in [-0.3, -0.25) is 9.36 Å². The van der Waals surface area contributed by atoms with Gasteiger partial charge in [-0.1, -0.05) is 6.07 Å². The zero-order valence-corrected chi connectivity index (χ0v) is 16.3. The van der Waals surface area contributed by atoms with Gasteiger partial charge >= 0.3 is 5.97 Å². The Morgan fingerprint density at radius 2 is 2.00 bits per heavy atom. The number of nitrogens with zero attached hydrogens (tertiary/aromatic N) is 2. The summed E-state index contributed by atoms with van der Waals surface area (Å²) >= 11 is 1.37. The molecule has 7 nitrogen and oxygen atoms in total. The van der Waals surface area contributed by atoms with Gasteiger partial charge in [-0.05, 0) is 31.5 Å². The Balaban J connectivity index is 2.15. The lowest BCUT2D eigenvalue weighted by atomic mass is 10.1. The fraction of sp³-hybridized carbons (Fsp3) is 0.316. The van der Waals surface area contributed by atoms with Crippen LogP contribution in [0.1, 0.15) is 19.9 Å². The highest BCUT2D eigenvalue weighted by Gasteiger charge is 2.21. The van der Waals surface area contributed by atoms with Gasteiger partial charge < -0.3 is 14.2 Å². The first-order valence-electron chi connectivity index (χ1n) is 8.39. The molecule has 0 aliphatic heterocycles. The van der Waals surface area contributed by atoms with Gasteiger partial charge in [0, 0.05) is 10.9 Å². The van der Waals surface area contributed by atoms with Crippen LogP contribution in [0.5, 0.6) is 11.5 Å². The number of thiophene rings is 1. The van der Waals surface area contributed by atoms with Crippen molar-refractivity contribution in [3.05, 3.63) is 40.3 Å². The second-order valence-corrected chi connectivity index (χ2v) is 6.64. The Labute approximate surface area is 160 Å². The molecule has 0 spiro atoms. The van der Waals surface area contributed by atoms with E-state index in [0.717, 1.165) is 11.1 Å². The Hall–Kier alpha value is -2.87. The van der Waals surface area contributed by atoms with Crippen LogP contribution in [0.2, 0.25) is 0 Å². The van der Waals surface area contributed by atoms with Crippen LogP contribution >= 0.6 is 11.3 Å². The highest BCUT2D eigenvalue weighted by atomic mass is 32.1. The molecule has 0 saturated carbocycles. The number of fused-ring (bicyclic) bond motifs is 1. The molecule has 2 aromatic heterocycles. The van der Waals surface area contributed by atoms with E-state index in [0.29, 0.717) is 21.7 Å². The van der Waals surface area contributed by atoms with Crippen molar-refractivity contribution in [2.75, 3.05) is 20.8 Å². The molecule has 0 radical (unpaired) electrons. The van der Waals surface area contributed by atoms with Crippen LogP contribution in [0.15, 0.2) is 34.7 Å². The Kier molecular flexibility index (Phi) is 5.46. The maximum absolute atomic E-state index is 13.1. The van der Waals surface area contributed by atoms with E-state index in [2.05, 4.69) is 4.98 Å². The monoisotopic (exact) mass is 388 g/mol. The number of carbonyl (C=O) groups excluding carboxylic acids is 1. The quantitative estimate of drug-likeness (QED) is 0.603. The summed E-state index contributed by atoms with van der Waals surface area (Å²) in [7, 11) is 3.12. The lowest BCUT2D eigenvalue weighted by Crippen LogP contribution is -2.29. The molecule has 1 atom stereocenters. The average molecular weight is 388 g/mol. The summed E-state index contributed by atoms with van der Waals surface area (Å²) in [6.07, 6.45) is 1.39. The van der Waals surface area contributed by atoms with E-state index in [-0.39, 0.29) is 12.2 Å². The molecule has 1 aromatic carbocycles. The molecule has 0 amide bonds. The van der Waals surface area contributed by atoms with Crippen molar-refractivity contribution in [3.8, 4) is 22.6 Å². The van der Waals surface area contributed by atoms with E-state index in [1.165, 1.54) is 22.2 Å². The second kappa shape index (κ2) is 7.79. The van der Waals surface area contributed by atoms with Gasteiger partial charge in [-0.15, -0.1) is 11.3 Å². The maximum Gasteiger partial charge on any atom is 0.328 e. The normalized spacial score (nSPS) is 12.0. The summed E-state index contributed by atoms with van der Waals surface area (Å²) in [6.45, 7) is 3.60. The Morgan fingerprint density at radius 3 is 2.67 bits per heavy atom. The summed E-state index contributed by atoms with van der Waals surface area (Å²) < 4.78 is 16.9. The molecule has 3 rings (SSSR count). The second-order valence-electron chi connectivity index (χ2n) is 5.78. The van der Waals surface area contributed by atoms with Crippen molar-refractivity contribution >= 4 is 27.5 Å². The van der Waals surface area contributed by atoms with Crippen molar-refractivity contribution in [1.29, 1.82) is 0 Å². The number of methoxy groups -OCH3 is 2. The third kappa shape index (κ3) is 3.40. The first-order chi connectivity index (χ1) is 13.0. The predicted octanol–water partition coefficient (Wildman–Crippen LogP) is 3.27. The molecule has 0 fully saturated rings. The number of carbonyl (C=O) groups is 1. The van der Waals surface area contributed by atoms with Crippen LogP contribution < -0.4 is 15.0 Å². The van der Waals surface area contributed by atoms with Crippen molar-refractivity contribution in [2.24, 2.45) is 0 Å². The molecule has 0 aliphatic carbocycles. The molecular weight excluding hydrogens is 368 g/mol. The van der Waals surface area contributed by atoms with E-state index in [1.54, 1.807) is 34.1 Å². The molecule has 0 bridgehead atoms. The lowest BCUT2D eigenvalue weighted by molar-refractivity contribution is -0.146. The minimum atomic E-state index is -0.757. The van der Waals surface area contributed by atoms with Crippen molar-refractivity contribution in [2.45, 2.75) is 19.9 Å². The number of ether oxygens (including phenoxy) is 3. The van der Waals surface area contributed by atoms with E-state index in [9.17, 15) is 9.59 Å². The van der Waals surface area contributed by atoms with Gasteiger partial charge in [0.2, 0.25) is 0 Å².